The Balaban J connectivity index is 1.68. The number of methoxy groups -OCH3 is 1. The van der Waals surface area contributed by atoms with Crippen LogP contribution >= 0.6 is 0 Å². The predicted molar refractivity (Wildman–Crippen MR) is 95.4 cm³/mol. The van der Waals surface area contributed by atoms with Gasteiger partial charge in [0.15, 0.2) is 0 Å². The lowest BCUT2D eigenvalue weighted by Crippen LogP contribution is -2.34. The largest absolute Gasteiger partial charge is 0.496 e. The summed E-state index contributed by atoms with van der Waals surface area (Å²) in [6.07, 6.45) is 2.42. The highest BCUT2D eigenvalue weighted by Gasteiger charge is 2.29. The molecular weight excluding hydrogens is 318 g/mol. The third-order valence-corrected chi connectivity index (χ3v) is 5.10. The highest BCUT2D eigenvalue weighted by molar-refractivity contribution is 5.88. The van der Waals surface area contributed by atoms with Crippen LogP contribution in [0, 0.1) is 11.8 Å². The van der Waals surface area contributed by atoms with Gasteiger partial charge in [-0.25, -0.2) is 0 Å². The van der Waals surface area contributed by atoms with Gasteiger partial charge in [0.25, 0.3) is 0 Å². The molecule has 1 aliphatic rings. The predicted octanol–water partition coefficient (Wildman–Crippen LogP) is 3.36. The lowest BCUT2D eigenvalue weighted by Gasteiger charge is -2.25. The van der Waals surface area contributed by atoms with Crippen molar-refractivity contribution in [2.24, 2.45) is 11.8 Å². The molecule has 5 nitrogen and oxygen atoms in total. The van der Waals surface area contributed by atoms with E-state index in [2.05, 4.69) is 5.32 Å². The zero-order valence-corrected chi connectivity index (χ0v) is 14.3. The fourth-order valence-electron chi connectivity index (χ4n) is 3.61. The van der Waals surface area contributed by atoms with Gasteiger partial charge in [0.2, 0.25) is 5.91 Å². The minimum Gasteiger partial charge on any atom is -0.496 e. The van der Waals surface area contributed by atoms with Crippen LogP contribution in [0.2, 0.25) is 0 Å². The van der Waals surface area contributed by atoms with E-state index in [0.717, 1.165) is 22.1 Å². The number of aliphatic carboxylic acids is 1. The summed E-state index contributed by atoms with van der Waals surface area (Å²) in [5, 5.41) is 14.2. The fraction of sp³-hybridized carbons (Fsp3) is 0.400. The summed E-state index contributed by atoms with van der Waals surface area (Å²) in [4.78, 5) is 23.5. The average molecular weight is 341 g/mol. The molecule has 1 fully saturated rings. The first-order chi connectivity index (χ1) is 12.1. The normalized spacial score (nSPS) is 20.2. The topological polar surface area (TPSA) is 75.6 Å². The Kier molecular flexibility index (Phi) is 5.22. The maximum atomic E-state index is 12.5. The third-order valence-electron chi connectivity index (χ3n) is 5.10. The Bertz CT molecular complexity index is 778. The zero-order chi connectivity index (χ0) is 17.8. The zero-order valence-electron chi connectivity index (χ0n) is 14.3. The number of carbonyl (C=O) groups is 2. The van der Waals surface area contributed by atoms with Crippen molar-refractivity contribution in [1.82, 2.24) is 5.32 Å². The molecule has 0 spiro atoms. The van der Waals surface area contributed by atoms with Crippen LogP contribution in [0.1, 0.15) is 31.2 Å². The number of fused-ring (bicyclic) bond motifs is 1. The molecule has 1 saturated carbocycles. The van der Waals surface area contributed by atoms with Crippen LogP contribution in [0.25, 0.3) is 10.8 Å². The molecule has 0 aromatic heterocycles. The van der Waals surface area contributed by atoms with E-state index >= 15 is 0 Å². The van der Waals surface area contributed by atoms with Gasteiger partial charge < -0.3 is 15.2 Å². The summed E-state index contributed by atoms with van der Waals surface area (Å²) in [7, 11) is 1.63. The quantitative estimate of drug-likeness (QED) is 0.874. The molecule has 0 atom stereocenters. The molecule has 2 aromatic carbocycles. The molecule has 1 amide bonds. The van der Waals surface area contributed by atoms with Crippen LogP contribution in [-0.4, -0.2) is 24.1 Å². The summed E-state index contributed by atoms with van der Waals surface area (Å²) in [5.41, 5.74) is 0.966. The maximum absolute atomic E-state index is 12.5. The molecule has 25 heavy (non-hydrogen) atoms. The molecular formula is C20H23NO4. The molecule has 0 unspecified atom stereocenters. The van der Waals surface area contributed by atoms with Crippen molar-refractivity contribution in [3.63, 3.8) is 0 Å². The van der Waals surface area contributed by atoms with Crippen LogP contribution in [0.15, 0.2) is 36.4 Å². The molecule has 2 aromatic rings. The summed E-state index contributed by atoms with van der Waals surface area (Å²) in [5.74, 6) is -0.398. The highest BCUT2D eigenvalue weighted by Crippen LogP contribution is 2.30. The van der Waals surface area contributed by atoms with E-state index in [1.807, 2.05) is 36.4 Å². The fourth-order valence-corrected chi connectivity index (χ4v) is 3.61. The first-order valence-electron chi connectivity index (χ1n) is 8.65. The lowest BCUT2D eigenvalue weighted by molar-refractivity contribution is -0.144. The molecule has 1 aliphatic carbocycles. The third kappa shape index (κ3) is 3.76. The Morgan fingerprint density at radius 2 is 1.76 bits per heavy atom. The van der Waals surface area contributed by atoms with Gasteiger partial charge in [0.05, 0.1) is 13.0 Å². The van der Waals surface area contributed by atoms with Gasteiger partial charge in [0, 0.05) is 18.0 Å². The number of ether oxygens (including phenoxy) is 1. The summed E-state index contributed by atoms with van der Waals surface area (Å²) >= 11 is 0. The molecule has 0 saturated heterocycles. The Morgan fingerprint density at radius 1 is 1.08 bits per heavy atom. The number of nitrogens with one attached hydrogen (secondary N) is 1. The van der Waals surface area contributed by atoms with Crippen LogP contribution in [0.4, 0.5) is 0 Å². The number of hydrogen-bond donors (Lipinski definition) is 2. The van der Waals surface area contributed by atoms with Crippen molar-refractivity contribution in [3.8, 4) is 5.75 Å². The molecule has 0 bridgehead atoms. The monoisotopic (exact) mass is 341 g/mol. The van der Waals surface area contributed by atoms with Crippen LogP contribution in [-0.2, 0) is 16.1 Å². The number of carbonyl (C=O) groups excluding carboxylic acids is 1. The second-order valence-electron chi connectivity index (χ2n) is 6.57. The van der Waals surface area contributed by atoms with E-state index in [0.29, 0.717) is 32.2 Å². The van der Waals surface area contributed by atoms with Crippen LogP contribution in [0.3, 0.4) is 0 Å². The molecule has 0 radical (unpaired) electrons. The second-order valence-corrected chi connectivity index (χ2v) is 6.57. The average Bonchev–Trinajstić information content (AvgIpc) is 2.65. The number of carboxylic acids is 1. The number of carboxylic acid groups (broad SMARTS) is 1. The van der Waals surface area contributed by atoms with Crippen molar-refractivity contribution >= 4 is 22.6 Å². The van der Waals surface area contributed by atoms with Gasteiger partial charge in [-0.15, -0.1) is 0 Å². The maximum Gasteiger partial charge on any atom is 0.306 e. The van der Waals surface area contributed by atoms with Gasteiger partial charge >= 0.3 is 5.97 Å². The molecule has 0 aliphatic heterocycles. The summed E-state index contributed by atoms with van der Waals surface area (Å²) in [6.45, 7) is 0.405. The number of amides is 1. The first-order valence-corrected chi connectivity index (χ1v) is 8.65. The van der Waals surface area contributed by atoms with Crippen LogP contribution in [0.5, 0.6) is 5.75 Å². The second kappa shape index (κ2) is 7.55. The standard InChI is InChI=1S/C20H23NO4/c1-25-18-11-10-13-4-2-3-5-16(13)17(18)12-21-19(22)14-6-8-15(9-7-14)20(23)24/h2-5,10-11,14-15H,6-9,12H2,1H3,(H,21,22)(H,23,24). The molecule has 3 rings (SSSR count). The van der Waals surface area contributed by atoms with E-state index in [1.165, 1.54) is 0 Å². The summed E-state index contributed by atoms with van der Waals surface area (Å²) in [6, 6.07) is 11.9. The van der Waals surface area contributed by atoms with Gasteiger partial charge in [0.1, 0.15) is 5.75 Å². The van der Waals surface area contributed by atoms with Gasteiger partial charge in [-0.3, -0.25) is 9.59 Å². The van der Waals surface area contributed by atoms with Crippen molar-refractivity contribution in [2.75, 3.05) is 7.11 Å². The smallest absolute Gasteiger partial charge is 0.306 e. The van der Waals surface area contributed by atoms with Crippen molar-refractivity contribution in [2.45, 2.75) is 32.2 Å². The van der Waals surface area contributed by atoms with E-state index in [1.54, 1.807) is 7.11 Å². The molecule has 0 heterocycles. The molecule has 132 valence electrons. The Hall–Kier alpha value is -2.56. The minimum atomic E-state index is -0.751. The van der Waals surface area contributed by atoms with Gasteiger partial charge in [-0.05, 0) is 42.5 Å². The first kappa shape index (κ1) is 17.3. The van der Waals surface area contributed by atoms with Crippen LogP contribution < -0.4 is 10.1 Å². The number of rotatable bonds is 5. The van der Waals surface area contributed by atoms with E-state index in [-0.39, 0.29) is 17.7 Å². The minimum absolute atomic E-state index is 0.00109. The van der Waals surface area contributed by atoms with Gasteiger partial charge in [-0.2, -0.15) is 0 Å². The molecule has 2 N–H and O–H groups in total. The number of benzene rings is 2. The van der Waals surface area contributed by atoms with Gasteiger partial charge in [-0.1, -0.05) is 30.3 Å². The highest BCUT2D eigenvalue weighted by atomic mass is 16.5. The van der Waals surface area contributed by atoms with Crippen molar-refractivity contribution in [1.29, 1.82) is 0 Å². The van der Waals surface area contributed by atoms with Crippen molar-refractivity contribution in [3.05, 3.63) is 42.0 Å². The molecule has 5 heteroatoms. The Morgan fingerprint density at radius 3 is 2.44 bits per heavy atom. The SMILES string of the molecule is COc1ccc2ccccc2c1CNC(=O)C1CCC(C(=O)O)CC1. The summed E-state index contributed by atoms with van der Waals surface area (Å²) < 4.78 is 5.46. The number of hydrogen-bond acceptors (Lipinski definition) is 3. The van der Waals surface area contributed by atoms with E-state index < -0.39 is 5.97 Å². The van der Waals surface area contributed by atoms with E-state index in [4.69, 9.17) is 9.84 Å². The lowest BCUT2D eigenvalue weighted by atomic mass is 9.81. The van der Waals surface area contributed by atoms with Crippen molar-refractivity contribution < 1.29 is 19.4 Å². The Labute approximate surface area is 147 Å². The van der Waals surface area contributed by atoms with E-state index in [9.17, 15) is 9.59 Å².